The molecule has 14 heavy (non-hydrogen) atoms. The summed E-state index contributed by atoms with van der Waals surface area (Å²) in [5.74, 6) is 0. The van der Waals surface area contributed by atoms with Crippen LogP contribution in [0.3, 0.4) is 0 Å². The number of hydrogen-bond acceptors (Lipinski definition) is 3. The zero-order valence-electron chi connectivity index (χ0n) is 7.26. The Morgan fingerprint density at radius 1 is 1.21 bits per heavy atom. The lowest BCUT2D eigenvalue weighted by Gasteiger charge is -2.00. The molecule has 0 aromatic heterocycles. The Bertz CT molecular complexity index is 288. The van der Waals surface area contributed by atoms with Crippen LogP contribution in [0.1, 0.15) is 5.56 Å². The predicted molar refractivity (Wildman–Crippen MR) is 61.6 cm³/mol. The standard InChI is InChI=1S/C7H8.Cl2HO3PS/c1-7-5-3-2-4-6-7;1-4-6(3,7)5-2/h2-6H,1H3;(H,3,7). The van der Waals surface area contributed by atoms with Crippen LogP contribution in [0.25, 0.3) is 0 Å². The second-order valence-electron chi connectivity index (χ2n) is 2.26. The fourth-order valence-corrected chi connectivity index (χ4v) is 0.822. The van der Waals surface area contributed by atoms with Crippen molar-refractivity contribution in [3.8, 4) is 0 Å². The molecule has 7 heteroatoms. The first-order valence-corrected chi connectivity index (χ1v) is 6.68. The number of rotatable bonds is 2. The molecule has 1 aromatic rings. The van der Waals surface area contributed by atoms with Crippen molar-refractivity contribution >= 4 is 42.3 Å². The van der Waals surface area contributed by atoms with Crippen molar-refractivity contribution in [2.45, 2.75) is 6.92 Å². The van der Waals surface area contributed by atoms with E-state index < -0.39 is 6.72 Å². The summed E-state index contributed by atoms with van der Waals surface area (Å²) in [6.07, 6.45) is 0. The smallest absolute Gasteiger partial charge is 0.323 e. The highest BCUT2D eigenvalue weighted by molar-refractivity contribution is 8.07. The summed E-state index contributed by atoms with van der Waals surface area (Å²) in [4.78, 5) is 8.35. The van der Waals surface area contributed by atoms with Gasteiger partial charge in [-0.2, -0.15) is 8.15 Å². The molecule has 0 bridgehead atoms. The number of hydrogen-bond donors (Lipinski definition) is 1. The minimum atomic E-state index is -3.29. The van der Waals surface area contributed by atoms with Crippen LogP contribution in [0, 0.1) is 6.92 Å². The molecule has 1 rings (SSSR count). The minimum absolute atomic E-state index is 1.32. The van der Waals surface area contributed by atoms with Gasteiger partial charge in [0.05, 0.1) is 23.7 Å². The molecule has 80 valence electrons. The normalized spacial score (nSPS) is 10.3. The summed E-state index contributed by atoms with van der Waals surface area (Å²) in [7, 11) is 0. The van der Waals surface area contributed by atoms with E-state index in [1.807, 2.05) is 18.2 Å². The van der Waals surface area contributed by atoms with Gasteiger partial charge in [0.1, 0.15) is 0 Å². The van der Waals surface area contributed by atoms with Crippen LogP contribution in [0.2, 0.25) is 0 Å². The third-order valence-corrected chi connectivity index (χ3v) is 3.52. The van der Waals surface area contributed by atoms with Crippen LogP contribution in [0.5, 0.6) is 0 Å². The van der Waals surface area contributed by atoms with Gasteiger partial charge < -0.3 is 4.89 Å². The summed E-state index contributed by atoms with van der Waals surface area (Å²) in [6.45, 7) is -1.21. The van der Waals surface area contributed by atoms with Crippen molar-refractivity contribution in [2.75, 3.05) is 0 Å². The Balaban J connectivity index is 0.000000241. The summed E-state index contributed by atoms with van der Waals surface area (Å²) >= 11 is 13.3. The van der Waals surface area contributed by atoms with Gasteiger partial charge in [0, 0.05) is 0 Å². The van der Waals surface area contributed by atoms with E-state index in [0.29, 0.717) is 0 Å². The predicted octanol–water partition coefficient (Wildman–Crippen LogP) is 3.54. The molecule has 0 unspecified atom stereocenters. The maximum atomic E-state index is 8.35. The molecule has 0 aliphatic heterocycles. The maximum Gasteiger partial charge on any atom is 0.358 e. The first-order valence-electron chi connectivity index (χ1n) is 3.47. The van der Waals surface area contributed by atoms with Crippen molar-refractivity contribution < 1.29 is 13.0 Å². The SMILES string of the molecule is Cc1ccccc1.OP(=S)(OCl)OCl. The molecule has 1 aromatic carbocycles. The molecule has 0 radical (unpaired) electrons. The van der Waals surface area contributed by atoms with Crippen molar-refractivity contribution in [3.05, 3.63) is 35.9 Å². The van der Waals surface area contributed by atoms with Gasteiger partial charge in [-0.1, -0.05) is 35.9 Å². The van der Waals surface area contributed by atoms with Gasteiger partial charge in [-0.25, -0.2) is 0 Å². The highest BCUT2D eigenvalue weighted by Crippen LogP contribution is 2.46. The van der Waals surface area contributed by atoms with Crippen LogP contribution < -0.4 is 0 Å². The molecule has 0 saturated carbocycles. The minimum Gasteiger partial charge on any atom is -0.323 e. The molecule has 0 saturated heterocycles. The van der Waals surface area contributed by atoms with Gasteiger partial charge in [-0.3, -0.25) is 0 Å². The Hall–Kier alpha value is 0.330. The first kappa shape index (κ1) is 14.3. The molecular weight excluding hydrogens is 266 g/mol. The van der Waals surface area contributed by atoms with Crippen molar-refractivity contribution in [1.82, 2.24) is 0 Å². The molecule has 1 N–H and O–H groups in total. The van der Waals surface area contributed by atoms with Crippen molar-refractivity contribution in [1.29, 1.82) is 0 Å². The quantitative estimate of drug-likeness (QED) is 0.838. The van der Waals surface area contributed by atoms with Crippen LogP contribution in [0.4, 0.5) is 0 Å². The van der Waals surface area contributed by atoms with Crippen molar-refractivity contribution in [3.63, 3.8) is 0 Å². The first-order chi connectivity index (χ1) is 6.52. The lowest BCUT2D eigenvalue weighted by molar-refractivity contribution is 0.408. The molecule has 0 heterocycles. The van der Waals surface area contributed by atoms with Gasteiger partial charge in [0.15, 0.2) is 0 Å². The molecule has 3 nitrogen and oxygen atoms in total. The average molecular weight is 275 g/mol. The van der Waals surface area contributed by atoms with E-state index in [9.17, 15) is 0 Å². The summed E-state index contributed by atoms with van der Waals surface area (Å²) < 4.78 is 7.37. The van der Waals surface area contributed by atoms with Crippen LogP contribution in [-0.2, 0) is 20.0 Å². The zero-order valence-corrected chi connectivity index (χ0v) is 10.5. The fraction of sp³-hybridized carbons (Fsp3) is 0.143. The Morgan fingerprint density at radius 2 is 1.64 bits per heavy atom. The van der Waals surface area contributed by atoms with E-state index in [0.717, 1.165) is 0 Å². The summed E-state index contributed by atoms with van der Waals surface area (Å²) in [5, 5.41) is 0. The molecule has 0 aliphatic carbocycles. The molecular formula is C7H9Cl2O3PS. The number of halogens is 2. The van der Waals surface area contributed by atoms with Gasteiger partial charge in [0.2, 0.25) is 0 Å². The highest BCUT2D eigenvalue weighted by atomic mass is 35.5. The van der Waals surface area contributed by atoms with Crippen LogP contribution in [0.15, 0.2) is 30.3 Å². The molecule has 0 fully saturated rings. The van der Waals surface area contributed by atoms with Gasteiger partial charge in [0.25, 0.3) is 0 Å². The summed E-state index contributed by atoms with van der Waals surface area (Å²) in [6, 6.07) is 10.3. The van der Waals surface area contributed by atoms with E-state index in [1.54, 1.807) is 0 Å². The monoisotopic (exact) mass is 274 g/mol. The topological polar surface area (TPSA) is 38.7 Å². The van der Waals surface area contributed by atoms with Gasteiger partial charge in [-0.05, 0) is 18.7 Å². The molecule has 0 amide bonds. The Labute approximate surface area is 98.2 Å². The number of benzene rings is 1. The molecule has 0 spiro atoms. The van der Waals surface area contributed by atoms with E-state index in [1.165, 1.54) is 5.56 Å². The second kappa shape index (κ2) is 7.60. The lowest BCUT2D eigenvalue weighted by Crippen LogP contribution is -1.73. The molecule has 0 aliphatic rings. The van der Waals surface area contributed by atoms with Crippen LogP contribution >= 0.6 is 30.5 Å². The van der Waals surface area contributed by atoms with E-state index in [-0.39, 0.29) is 0 Å². The lowest BCUT2D eigenvalue weighted by atomic mass is 10.2. The van der Waals surface area contributed by atoms with E-state index in [4.69, 9.17) is 4.89 Å². The van der Waals surface area contributed by atoms with Gasteiger partial charge in [-0.15, -0.1) is 0 Å². The highest BCUT2D eigenvalue weighted by Gasteiger charge is 2.11. The maximum absolute atomic E-state index is 8.35. The zero-order chi connectivity index (χ0) is 11.0. The van der Waals surface area contributed by atoms with Crippen molar-refractivity contribution in [2.24, 2.45) is 0 Å². The Morgan fingerprint density at radius 3 is 1.79 bits per heavy atom. The second-order valence-corrected chi connectivity index (χ2v) is 5.69. The molecule has 0 atom stereocenters. The number of aryl methyl sites for hydroxylation is 1. The largest absolute Gasteiger partial charge is 0.358 e. The third kappa shape index (κ3) is 7.71. The average Bonchev–Trinajstić information content (AvgIpc) is 2.20. The Kier molecular flexibility index (Phi) is 7.78. The van der Waals surface area contributed by atoms with E-state index >= 15 is 0 Å². The van der Waals surface area contributed by atoms with Crippen LogP contribution in [-0.4, -0.2) is 4.89 Å². The fourth-order valence-electron chi connectivity index (χ4n) is 0.545. The van der Waals surface area contributed by atoms with Gasteiger partial charge >= 0.3 is 6.72 Å². The third-order valence-electron chi connectivity index (χ3n) is 1.11. The summed E-state index contributed by atoms with van der Waals surface area (Å²) in [5.41, 5.74) is 1.32. The van der Waals surface area contributed by atoms with E-state index in [2.05, 4.69) is 62.7 Å².